The molecule has 0 fully saturated rings. The van der Waals surface area contributed by atoms with Gasteiger partial charge in [-0.25, -0.2) is 4.79 Å². The van der Waals surface area contributed by atoms with Crippen molar-refractivity contribution >= 4 is 17.6 Å². The summed E-state index contributed by atoms with van der Waals surface area (Å²) in [6.07, 6.45) is 0. The smallest absolute Gasteiger partial charge is 0.353 e. The molecule has 0 saturated carbocycles. The minimum Gasteiger partial charge on any atom is -0.463 e. The first-order valence-corrected chi connectivity index (χ1v) is 2.94. The van der Waals surface area contributed by atoms with E-state index in [9.17, 15) is 4.79 Å². The minimum atomic E-state index is -1.88. The normalized spacial score (nSPS) is 16.4. The number of esters is 1. The van der Waals surface area contributed by atoms with Crippen molar-refractivity contribution in [3.8, 4) is 0 Å². The molecule has 0 spiro atoms. The van der Waals surface area contributed by atoms with E-state index in [0.29, 0.717) is 0 Å². The summed E-state index contributed by atoms with van der Waals surface area (Å²) in [5.74, 6) is -0.813. The lowest BCUT2D eigenvalue weighted by Gasteiger charge is -2.11. The summed E-state index contributed by atoms with van der Waals surface area (Å²) >= 11 is 5.14. The monoisotopic (exact) mass is 152 g/mol. The second-order valence-corrected chi connectivity index (χ2v) is 2.41. The molecule has 0 aliphatic heterocycles. The van der Waals surface area contributed by atoms with E-state index in [0.717, 1.165) is 6.92 Å². The highest BCUT2D eigenvalue weighted by atomic mass is 35.5. The molecule has 4 heteroatoms. The molecule has 1 atom stereocenters. The largest absolute Gasteiger partial charge is 0.463 e. The van der Waals surface area contributed by atoms with Crippen molar-refractivity contribution in [3.05, 3.63) is 0 Å². The molecule has 1 N–H and O–H groups in total. The van der Waals surface area contributed by atoms with Gasteiger partial charge in [0.2, 0.25) is 5.06 Å². The summed E-state index contributed by atoms with van der Waals surface area (Å²) in [6.45, 7) is 3.02. The van der Waals surface area contributed by atoms with Gasteiger partial charge in [0, 0.05) is 0 Å². The van der Waals surface area contributed by atoms with E-state index in [1.165, 1.54) is 0 Å². The van der Waals surface area contributed by atoms with Crippen molar-refractivity contribution in [2.75, 3.05) is 6.61 Å². The molecule has 0 amide bonds. The Balaban J connectivity index is 3.74. The number of rotatable bonds is 2. The molecule has 0 aromatic rings. The van der Waals surface area contributed by atoms with Gasteiger partial charge >= 0.3 is 5.97 Å². The van der Waals surface area contributed by atoms with Crippen LogP contribution in [-0.2, 0) is 9.53 Å². The highest BCUT2D eigenvalue weighted by Gasteiger charge is 2.28. The number of hydrogen-bond donors (Lipinski definition) is 1. The van der Waals surface area contributed by atoms with E-state index >= 15 is 0 Å². The Hall–Kier alpha value is -0.280. The van der Waals surface area contributed by atoms with Gasteiger partial charge in [-0.15, -0.1) is 0 Å². The second kappa shape index (κ2) is 3.03. The first-order valence-electron chi connectivity index (χ1n) is 2.57. The summed E-state index contributed by atoms with van der Waals surface area (Å²) in [4.78, 5) is 10.5. The highest BCUT2D eigenvalue weighted by Crippen LogP contribution is 2.10. The Morgan fingerprint density at radius 2 is 2.33 bits per heavy atom. The molecule has 3 nitrogen and oxygen atoms in total. The standard InChI is InChI=1S/C5H9ClO3/c1-3-9-4(7)5(2,6)8/h8H,3H2,1-2H3. The number of carbonyl (C=O) groups is 1. The van der Waals surface area contributed by atoms with E-state index in [-0.39, 0.29) is 6.61 Å². The molecule has 0 aliphatic carbocycles. The number of alkyl halides is 1. The lowest BCUT2D eigenvalue weighted by Crippen LogP contribution is -2.30. The van der Waals surface area contributed by atoms with Crippen LogP contribution < -0.4 is 0 Å². The molecular formula is C5H9ClO3. The van der Waals surface area contributed by atoms with Crippen LogP contribution in [0.15, 0.2) is 0 Å². The van der Waals surface area contributed by atoms with Crippen LogP contribution in [0.4, 0.5) is 0 Å². The molecule has 0 bridgehead atoms. The average Bonchev–Trinajstić information content (AvgIpc) is 1.64. The van der Waals surface area contributed by atoms with Gasteiger partial charge in [0.05, 0.1) is 6.61 Å². The van der Waals surface area contributed by atoms with Crippen LogP contribution in [-0.4, -0.2) is 22.7 Å². The van der Waals surface area contributed by atoms with Crippen LogP contribution in [0.25, 0.3) is 0 Å². The predicted octanol–water partition coefficient (Wildman–Crippen LogP) is 0.497. The van der Waals surface area contributed by atoms with Crippen molar-refractivity contribution in [2.45, 2.75) is 18.9 Å². The van der Waals surface area contributed by atoms with Gasteiger partial charge in [-0.3, -0.25) is 0 Å². The molecule has 0 saturated heterocycles. The highest BCUT2D eigenvalue weighted by molar-refractivity contribution is 6.32. The first-order chi connectivity index (χ1) is 3.98. The Kier molecular flexibility index (Phi) is 2.94. The second-order valence-electron chi connectivity index (χ2n) is 1.67. The predicted molar refractivity (Wildman–Crippen MR) is 33.1 cm³/mol. The molecule has 9 heavy (non-hydrogen) atoms. The summed E-state index contributed by atoms with van der Waals surface area (Å²) in [6, 6.07) is 0. The lowest BCUT2D eigenvalue weighted by atomic mass is 10.4. The summed E-state index contributed by atoms with van der Waals surface area (Å²) in [5.41, 5.74) is 0. The molecule has 0 radical (unpaired) electrons. The zero-order valence-corrected chi connectivity index (χ0v) is 6.10. The quantitative estimate of drug-likeness (QED) is 0.463. The molecule has 0 heterocycles. The van der Waals surface area contributed by atoms with Crippen LogP contribution >= 0.6 is 11.6 Å². The maximum atomic E-state index is 10.5. The van der Waals surface area contributed by atoms with Crippen molar-refractivity contribution in [1.29, 1.82) is 0 Å². The van der Waals surface area contributed by atoms with E-state index in [2.05, 4.69) is 4.74 Å². The van der Waals surface area contributed by atoms with Crippen LogP contribution in [0.1, 0.15) is 13.8 Å². The topological polar surface area (TPSA) is 46.5 Å². The molecule has 0 aliphatic rings. The van der Waals surface area contributed by atoms with Gasteiger partial charge < -0.3 is 9.84 Å². The summed E-state index contributed by atoms with van der Waals surface area (Å²) in [7, 11) is 0. The Bertz CT molecular complexity index is 105. The van der Waals surface area contributed by atoms with Crippen molar-refractivity contribution in [1.82, 2.24) is 0 Å². The number of halogens is 1. The summed E-state index contributed by atoms with van der Waals surface area (Å²) in [5, 5.41) is 6.83. The molecule has 1 unspecified atom stereocenters. The number of ether oxygens (including phenoxy) is 1. The molecule has 0 rings (SSSR count). The zero-order chi connectivity index (χ0) is 7.49. The Morgan fingerprint density at radius 3 is 2.44 bits per heavy atom. The fraction of sp³-hybridized carbons (Fsp3) is 0.800. The SMILES string of the molecule is CCOC(=O)C(C)(O)Cl. The van der Waals surface area contributed by atoms with Crippen molar-refractivity contribution < 1.29 is 14.6 Å². The van der Waals surface area contributed by atoms with Crippen LogP contribution in [0.2, 0.25) is 0 Å². The van der Waals surface area contributed by atoms with Gasteiger partial charge in [-0.2, -0.15) is 0 Å². The van der Waals surface area contributed by atoms with Crippen molar-refractivity contribution in [2.24, 2.45) is 0 Å². The molecular weight excluding hydrogens is 144 g/mol. The van der Waals surface area contributed by atoms with E-state index < -0.39 is 11.0 Å². The number of aliphatic hydroxyl groups is 1. The van der Waals surface area contributed by atoms with E-state index in [4.69, 9.17) is 16.7 Å². The van der Waals surface area contributed by atoms with E-state index in [1.54, 1.807) is 6.92 Å². The zero-order valence-electron chi connectivity index (χ0n) is 5.35. The number of carbonyl (C=O) groups excluding carboxylic acids is 1. The molecule has 0 aromatic carbocycles. The summed E-state index contributed by atoms with van der Waals surface area (Å²) < 4.78 is 4.39. The van der Waals surface area contributed by atoms with Gasteiger partial charge in [0.1, 0.15) is 0 Å². The van der Waals surface area contributed by atoms with Gasteiger partial charge in [-0.05, 0) is 13.8 Å². The third kappa shape index (κ3) is 3.32. The molecule has 0 aromatic heterocycles. The fourth-order valence-electron chi connectivity index (χ4n) is 0.263. The average molecular weight is 153 g/mol. The minimum absolute atomic E-state index is 0.224. The maximum absolute atomic E-state index is 10.5. The van der Waals surface area contributed by atoms with E-state index in [1.807, 2.05) is 0 Å². The van der Waals surface area contributed by atoms with Gasteiger partial charge in [0.25, 0.3) is 0 Å². The third-order valence-electron chi connectivity index (χ3n) is 0.648. The van der Waals surface area contributed by atoms with Gasteiger partial charge in [-0.1, -0.05) is 11.6 Å². The maximum Gasteiger partial charge on any atom is 0.353 e. The Labute approximate surface area is 58.6 Å². The van der Waals surface area contributed by atoms with Gasteiger partial charge in [0.15, 0.2) is 0 Å². The third-order valence-corrected chi connectivity index (χ3v) is 0.802. The number of hydrogen-bond acceptors (Lipinski definition) is 3. The first kappa shape index (κ1) is 8.72. The fourth-order valence-corrected chi connectivity index (χ4v) is 0.317. The van der Waals surface area contributed by atoms with Crippen LogP contribution in [0.5, 0.6) is 0 Å². The van der Waals surface area contributed by atoms with Crippen LogP contribution in [0, 0.1) is 0 Å². The van der Waals surface area contributed by atoms with Crippen molar-refractivity contribution in [3.63, 3.8) is 0 Å². The molecule has 54 valence electrons. The Morgan fingerprint density at radius 1 is 1.89 bits per heavy atom. The lowest BCUT2D eigenvalue weighted by molar-refractivity contribution is -0.155. The van der Waals surface area contributed by atoms with Crippen LogP contribution in [0.3, 0.4) is 0 Å².